The third-order valence-corrected chi connectivity index (χ3v) is 3.76. The van der Waals surface area contributed by atoms with Gasteiger partial charge in [0.1, 0.15) is 0 Å². The molecule has 1 unspecified atom stereocenters. The van der Waals surface area contributed by atoms with E-state index >= 15 is 0 Å². The molecule has 0 saturated heterocycles. The van der Waals surface area contributed by atoms with Crippen LogP contribution in [0.2, 0.25) is 0 Å². The minimum absolute atomic E-state index is 0.154. The van der Waals surface area contributed by atoms with Gasteiger partial charge in [-0.05, 0) is 39.5 Å². The van der Waals surface area contributed by atoms with Crippen molar-refractivity contribution < 1.29 is 4.74 Å². The molecule has 2 aliphatic rings. The van der Waals surface area contributed by atoms with Gasteiger partial charge in [-0.25, -0.2) is 0 Å². The van der Waals surface area contributed by atoms with E-state index in [1.165, 1.54) is 25.7 Å². The summed E-state index contributed by atoms with van der Waals surface area (Å²) >= 11 is 0. The maximum absolute atomic E-state index is 6.24. The van der Waals surface area contributed by atoms with Crippen LogP contribution in [-0.2, 0) is 4.74 Å². The Bertz CT molecular complexity index is 182. The lowest BCUT2D eigenvalue weighted by molar-refractivity contribution is 0.00815. The molecule has 0 aromatic heterocycles. The minimum atomic E-state index is 0.154. The first-order chi connectivity index (χ1) is 5.65. The van der Waals surface area contributed by atoms with Gasteiger partial charge in [-0.2, -0.15) is 0 Å². The summed E-state index contributed by atoms with van der Waals surface area (Å²) in [5.74, 6) is 0. The Morgan fingerprint density at radius 2 is 1.92 bits per heavy atom. The fraction of sp³-hybridized carbons (Fsp3) is 1.00. The lowest BCUT2D eigenvalue weighted by atomic mass is 9.89. The van der Waals surface area contributed by atoms with E-state index in [2.05, 4.69) is 13.8 Å². The third kappa shape index (κ3) is 1.01. The highest BCUT2D eigenvalue weighted by molar-refractivity contribution is 5.21. The Labute approximate surface area is 74.5 Å². The van der Waals surface area contributed by atoms with Gasteiger partial charge in [0, 0.05) is 17.6 Å². The Kier molecular flexibility index (Phi) is 1.74. The second-order valence-electron chi connectivity index (χ2n) is 4.41. The number of hydrogen-bond acceptors (Lipinski definition) is 2. The second-order valence-corrected chi connectivity index (χ2v) is 4.41. The van der Waals surface area contributed by atoms with Crippen LogP contribution in [0.15, 0.2) is 0 Å². The molecular weight excluding hydrogens is 150 g/mol. The Morgan fingerprint density at radius 3 is 2.25 bits per heavy atom. The molecule has 2 saturated carbocycles. The summed E-state index contributed by atoms with van der Waals surface area (Å²) in [4.78, 5) is 0. The molecule has 0 radical (unpaired) electrons. The molecule has 0 aliphatic heterocycles. The first-order valence-corrected chi connectivity index (χ1v) is 5.05. The zero-order chi connectivity index (χ0) is 8.82. The molecule has 2 N–H and O–H groups in total. The van der Waals surface area contributed by atoms with Gasteiger partial charge in [0.05, 0.1) is 6.10 Å². The van der Waals surface area contributed by atoms with Crippen molar-refractivity contribution in [3.63, 3.8) is 0 Å². The van der Waals surface area contributed by atoms with Gasteiger partial charge in [0.25, 0.3) is 0 Å². The predicted molar refractivity (Wildman–Crippen MR) is 48.9 cm³/mol. The van der Waals surface area contributed by atoms with E-state index in [-0.39, 0.29) is 5.54 Å². The van der Waals surface area contributed by atoms with Gasteiger partial charge >= 0.3 is 0 Å². The van der Waals surface area contributed by atoms with Crippen LogP contribution >= 0.6 is 0 Å². The highest BCUT2D eigenvalue weighted by Gasteiger charge is 2.66. The molecule has 0 aromatic rings. The maximum Gasteiger partial charge on any atom is 0.0620 e. The smallest absolute Gasteiger partial charge is 0.0620 e. The van der Waals surface area contributed by atoms with Crippen LogP contribution in [0.1, 0.15) is 39.5 Å². The second kappa shape index (κ2) is 2.46. The molecular formula is C10H19NO. The molecule has 2 heteroatoms. The van der Waals surface area contributed by atoms with Crippen LogP contribution in [0.3, 0.4) is 0 Å². The normalized spacial score (nSPS) is 31.2. The molecule has 2 aliphatic carbocycles. The highest BCUT2D eigenvalue weighted by atomic mass is 16.5. The molecule has 1 atom stereocenters. The van der Waals surface area contributed by atoms with Gasteiger partial charge in [-0.3, -0.25) is 0 Å². The summed E-state index contributed by atoms with van der Waals surface area (Å²) in [5, 5.41) is 0. The predicted octanol–water partition coefficient (Wildman–Crippen LogP) is 1.68. The molecule has 0 spiro atoms. The van der Waals surface area contributed by atoms with Crippen molar-refractivity contribution in [3.8, 4) is 0 Å². The summed E-state index contributed by atoms with van der Waals surface area (Å²) in [7, 11) is 0. The van der Waals surface area contributed by atoms with E-state index in [0.29, 0.717) is 11.5 Å². The molecule has 2 rings (SSSR count). The van der Waals surface area contributed by atoms with E-state index in [1.807, 2.05) is 0 Å². The van der Waals surface area contributed by atoms with E-state index in [1.54, 1.807) is 0 Å². The third-order valence-electron chi connectivity index (χ3n) is 3.76. The summed E-state index contributed by atoms with van der Waals surface area (Å²) in [6, 6.07) is 0. The van der Waals surface area contributed by atoms with E-state index in [4.69, 9.17) is 10.5 Å². The molecule has 0 heterocycles. The monoisotopic (exact) mass is 169 g/mol. The molecule has 2 fully saturated rings. The van der Waals surface area contributed by atoms with Crippen molar-refractivity contribution in [2.45, 2.75) is 51.2 Å². The quantitative estimate of drug-likeness (QED) is 0.695. The number of nitrogens with two attached hydrogens (primary N) is 1. The van der Waals surface area contributed by atoms with Crippen LogP contribution in [0, 0.1) is 5.41 Å². The SMILES string of the molecule is CCOC(C)C1(C2(N)CC2)CC1. The highest BCUT2D eigenvalue weighted by Crippen LogP contribution is 2.65. The summed E-state index contributed by atoms with van der Waals surface area (Å²) in [6.45, 7) is 5.06. The fourth-order valence-corrected chi connectivity index (χ4v) is 2.49. The van der Waals surface area contributed by atoms with Gasteiger partial charge in [0.2, 0.25) is 0 Å². The molecule has 0 aromatic carbocycles. The lowest BCUT2D eigenvalue weighted by Crippen LogP contribution is -2.42. The van der Waals surface area contributed by atoms with Gasteiger partial charge < -0.3 is 10.5 Å². The zero-order valence-corrected chi connectivity index (χ0v) is 8.10. The van der Waals surface area contributed by atoms with E-state index in [9.17, 15) is 0 Å². The minimum Gasteiger partial charge on any atom is -0.378 e. The van der Waals surface area contributed by atoms with E-state index in [0.717, 1.165) is 6.61 Å². The summed E-state index contributed by atoms with van der Waals surface area (Å²) in [5.41, 5.74) is 6.76. The molecule has 2 nitrogen and oxygen atoms in total. The average molecular weight is 169 g/mol. The molecule has 0 amide bonds. The van der Waals surface area contributed by atoms with Gasteiger partial charge in [-0.1, -0.05) is 0 Å². The van der Waals surface area contributed by atoms with Crippen molar-refractivity contribution in [2.75, 3.05) is 6.61 Å². The van der Waals surface area contributed by atoms with Gasteiger partial charge in [-0.15, -0.1) is 0 Å². The maximum atomic E-state index is 6.24. The van der Waals surface area contributed by atoms with Crippen LogP contribution in [-0.4, -0.2) is 18.2 Å². The van der Waals surface area contributed by atoms with Crippen molar-refractivity contribution in [3.05, 3.63) is 0 Å². The Morgan fingerprint density at radius 1 is 1.33 bits per heavy atom. The molecule has 70 valence electrons. The number of hydrogen-bond donors (Lipinski definition) is 1. The summed E-state index contributed by atoms with van der Waals surface area (Å²) in [6.07, 6.45) is 5.36. The lowest BCUT2D eigenvalue weighted by Gasteiger charge is -2.29. The van der Waals surface area contributed by atoms with Crippen molar-refractivity contribution in [1.82, 2.24) is 0 Å². The number of ether oxygens (including phenoxy) is 1. The van der Waals surface area contributed by atoms with Crippen molar-refractivity contribution in [1.29, 1.82) is 0 Å². The van der Waals surface area contributed by atoms with Crippen molar-refractivity contribution >= 4 is 0 Å². The van der Waals surface area contributed by atoms with Gasteiger partial charge in [0.15, 0.2) is 0 Å². The summed E-state index contributed by atoms with van der Waals surface area (Å²) < 4.78 is 5.66. The largest absolute Gasteiger partial charge is 0.378 e. The first kappa shape index (κ1) is 8.52. The average Bonchev–Trinajstić information content (AvgIpc) is 2.81. The molecule has 0 bridgehead atoms. The Hall–Kier alpha value is -0.0800. The van der Waals surface area contributed by atoms with Crippen LogP contribution in [0.4, 0.5) is 0 Å². The fourth-order valence-electron chi connectivity index (χ4n) is 2.49. The first-order valence-electron chi connectivity index (χ1n) is 5.05. The van der Waals surface area contributed by atoms with Crippen LogP contribution in [0.25, 0.3) is 0 Å². The number of rotatable bonds is 4. The standard InChI is InChI=1S/C10H19NO/c1-3-12-8(2)9(4-5-9)10(11)6-7-10/h8H,3-7,11H2,1-2H3. The topological polar surface area (TPSA) is 35.2 Å². The van der Waals surface area contributed by atoms with Crippen molar-refractivity contribution in [2.24, 2.45) is 11.1 Å². The van der Waals surface area contributed by atoms with Crippen LogP contribution < -0.4 is 5.73 Å². The van der Waals surface area contributed by atoms with E-state index < -0.39 is 0 Å². The Balaban J connectivity index is 2.01. The molecule has 12 heavy (non-hydrogen) atoms. The zero-order valence-electron chi connectivity index (χ0n) is 8.10. The van der Waals surface area contributed by atoms with Crippen LogP contribution in [0.5, 0.6) is 0 Å².